The molecule has 0 atom stereocenters. The molecular weight excluding hydrogens is 288 g/mol. The number of rotatable bonds is 3. The van der Waals surface area contributed by atoms with Gasteiger partial charge in [0.2, 0.25) is 0 Å². The summed E-state index contributed by atoms with van der Waals surface area (Å²) in [6.45, 7) is 1.99. The van der Waals surface area contributed by atoms with Crippen LogP contribution in [0.1, 0.15) is 11.3 Å². The molecule has 0 fully saturated rings. The van der Waals surface area contributed by atoms with Crippen molar-refractivity contribution < 1.29 is 4.79 Å². The molecule has 0 radical (unpaired) electrons. The Bertz CT molecular complexity index is 856. The number of hydrogen-bond donors (Lipinski definition) is 2. The van der Waals surface area contributed by atoms with Gasteiger partial charge in [0.1, 0.15) is 0 Å². The standard InChI is InChI=1S/C18H16N4O/c1-13-6-9-15(10-7-13)21-18(23)22-19-12-16-11-8-14-4-2-3-5-17(14)20-16/h2-12H,1H3,(H2,21,22,23)/b19-12+. The minimum atomic E-state index is -0.397. The largest absolute Gasteiger partial charge is 0.339 e. The minimum absolute atomic E-state index is 0.397. The fourth-order valence-electron chi connectivity index (χ4n) is 2.11. The number of carbonyl (C=O) groups excluding carboxylic acids is 1. The van der Waals surface area contributed by atoms with Gasteiger partial charge in [-0.2, -0.15) is 5.10 Å². The molecule has 3 rings (SSSR count). The van der Waals surface area contributed by atoms with Crippen LogP contribution in [-0.4, -0.2) is 17.2 Å². The van der Waals surface area contributed by atoms with Crippen molar-refractivity contribution in [2.24, 2.45) is 5.10 Å². The van der Waals surface area contributed by atoms with E-state index in [1.807, 2.05) is 67.6 Å². The van der Waals surface area contributed by atoms with Crippen molar-refractivity contribution >= 4 is 28.8 Å². The number of amides is 2. The Morgan fingerprint density at radius 3 is 2.65 bits per heavy atom. The maximum absolute atomic E-state index is 11.7. The summed E-state index contributed by atoms with van der Waals surface area (Å²) in [5.41, 5.74) is 5.84. The summed E-state index contributed by atoms with van der Waals surface area (Å²) in [5, 5.41) is 7.68. The molecule has 0 spiro atoms. The lowest BCUT2D eigenvalue weighted by Gasteiger charge is -2.04. The molecule has 0 aliphatic carbocycles. The molecule has 3 aromatic rings. The van der Waals surface area contributed by atoms with E-state index in [9.17, 15) is 4.79 Å². The Hall–Kier alpha value is -3.21. The number of nitrogens with one attached hydrogen (secondary N) is 2. The highest BCUT2D eigenvalue weighted by Crippen LogP contribution is 2.11. The molecule has 1 aromatic heterocycles. The SMILES string of the molecule is Cc1ccc(NC(=O)N/N=C/c2ccc3ccccc3n2)cc1. The molecule has 0 unspecified atom stereocenters. The molecule has 5 nitrogen and oxygen atoms in total. The summed E-state index contributed by atoms with van der Waals surface area (Å²) in [4.78, 5) is 16.2. The van der Waals surface area contributed by atoms with E-state index < -0.39 is 6.03 Å². The van der Waals surface area contributed by atoms with Gasteiger partial charge in [-0.3, -0.25) is 0 Å². The molecule has 114 valence electrons. The fraction of sp³-hybridized carbons (Fsp3) is 0.0556. The Kier molecular flexibility index (Phi) is 4.29. The number of hydrogen-bond acceptors (Lipinski definition) is 3. The van der Waals surface area contributed by atoms with Gasteiger partial charge in [-0.25, -0.2) is 15.2 Å². The predicted molar refractivity (Wildman–Crippen MR) is 92.7 cm³/mol. The van der Waals surface area contributed by atoms with Crippen molar-refractivity contribution in [1.29, 1.82) is 0 Å². The minimum Gasteiger partial charge on any atom is -0.307 e. The normalized spacial score (nSPS) is 10.8. The smallest absolute Gasteiger partial charge is 0.307 e. The molecule has 0 aliphatic heterocycles. The number of fused-ring (bicyclic) bond motifs is 1. The second kappa shape index (κ2) is 6.70. The van der Waals surface area contributed by atoms with Crippen molar-refractivity contribution in [2.75, 3.05) is 5.32 Å². The number of hydrazone groups is 1. The van der Waals surface area contributed by atoms with E-state index in [1.165, 1.54) is 6.21 Å². The van der Waals surface area contributed by atoms with Gasteiger partial charge in [0.25, 0.3) is 0 Å². The monoisotopic (exact) mass is 304 g/mol. The van der Waals surface area contributed by atoms with Crippen molar-refractivity contribution in [2.45, 2.75) is 6.92 Å². The van der Waals surface area contributed by atoms with E-state index in [4.69, 9.17) is 0 Å². The Balaban J connectivity index is 1.60. The molecule has 2 amide bonds. The highest BCUT2D eigenvalue weighted by Gasteiger charge is 1.99. The van der Waals surface area contributed by atoms with Gasteiger partial charge in [0.05, 0.1) is 17.4 Å². The Labute approximate surface area is 134 Å². The van der Waals surface area contributed by atoms with Gasteiger partial charge in [-0.1, -0.05) is 42.0 Å². The molecule has 5 heteroatoms. The van der Waals surface area contributed by atoms with E-state index in [1.54, 1.807) is 0 Å². The average Bonchev–Trinajstić information content (AvgIpc) is 2.57. The van der Waals surface area contributed by atoms with Crippen LogP contribution in [0.4, 0.5) is 10.5 Å². The number of nitrogens with zero attached hydrogens (tertiary/aromatic N) is 2. The van der Waals surface area contributed by atoms with E-state index in [2.05, 4.69) is 20.8 Å². The lowest BCUT2D eigenvalue weighted by molar-refractivity contribution is 0.252. The predicted octanol–water partition coefficient (Wildman–Crippen LogP) is 3.70. The molecule has 2 aromatic carbocycles. The first-order valence-electron chi connectivity index (χ1n) is 7.23. The van der Waals surface area contributed by atoms with Crippen LogP contribution in [0.25, 0.3) is 10.9 Å². The summed E-state index contributed by atoms with van der Waals surface area (Å²) in [6.07, 6.45) is 1.52. The maximum atomic E-state index is 11.7. The van der Waals surface area contributed by atoms with Crippen LogP contribution in [0.3, 0.4) is 0 Å². The average molecular weight is 304 g/mol. The zero-order valence-electron chi connectivity index (χ0n) is 12.7. The van der Waals surface area contributed by atoms with Crippen molar-refractivity contribution in [3.05, 3.63) is 71.9 Å². The number of aromatic nitrogens is 1. The zero-order valence-corrected chi connectivity index (χ0v) is 12.7. The Morgan fingerprint density at radius 2 is 1.83 bits per heavy atom. The van der Waals surface area contributed by atoms with Gasteiger partial charge >= 0.3 is 6.03 Å². The van der Waals surface area contributed by atoms with Crippen LogP contribution >= 0.6 is 0 Å². The fourth-order valence-corrected chi connectivity index (χ4v) is 2.11. The van der Waals surface area contributed by atoms with Crippen LogP contribution < -0.4 is 10.7 Å². The number of aryl methyl sites for hydroxylation is 1. The van der Waals surface area contributed by atoms with Crippen molar-refractivity contribution in [1.82, 2.24) is 10.4 Å². The summed E-state index contributed by atoms with van der Waals surface area (Å²) in [6, 6.07) is 18.8. The second-order valence-electron chi connectivity index (χ2n) is 5.12. The van der Waals surface area contributed by atoms with Crippen LogP contribution in [-0.2, 0) is 0 Å². The van der Waals surface area contributed by atoms with E-state index in [0.29, 0.717) is 11.4 Å². The highest BCUT2D eigenvalue weighted by molar-refractivity contribution is 5.90. The topological polar surface area (TPSA) is 66.4 Å². The van der Waals surface area contributed by atoms with Gasteiger partial charge in [-0.05, 0) is 31.2 Å². The molecule has 23 heavy (non-hydrogen) atoms. The molecule has 0 aliphatic rings. The van der Waals surface area contributed by atoms with Crippen LogP contribution in [0.5, 0.6) is 0 Å². The third-order valence-electron chi connectivity index (χ3n) is 3.29. The highest BCUT2D eigenvalue weighted by atomic mass is 16.2. The summed E-state index contributed by atoms with van der Waals surface area (Å²) in [5.74, 6) is 0. The van der Waals surface area contributed by atoms with E-state index in [-0.39, 0.29) is 0 Å². The first-order valence-corrected chi connectivity index (χ1v) is 7.23. The number of urea groups is 1. The zero-order chi connectivity index (χ0) is 16.1. The number of carbonyl (C=O) groups is 1. The molecule has 0 saturated heterocycles. The number of benzene rings is 2. The summed E-state index contributed by atoms with van der Waals surface area (Å²) < 4.78 is 0. The van der Waals surface area contributed by atoms with Crippen LogP contribution in [0.2, 0.25) is 0 Å². The first-order chi connectivity index (χ1) is 11.2. The molecule has 0 bridgehead atoms. The number of anilines is 1. The summed E-state index contributed by atoms with van der Waals surface area (Å²) in [7, 11) is 0. The molecular formula is C18H16N4O. The lowest BCUT2D eigenvalue weighted by atomic mass is 10.2. The quantitative estimate of drug-likeness (QED) is 0.572. The van der Waals surface area contributed by atoms with Crippen molar-refractivity contribution in [3.63, 3.8) is 0 Å². The van der Waals surface area contributed by atoms with Gasteiger partial charge in [0.15, 0.2) is 0 Å². The van der Waals surface area contributed by atoms with Crippen molar-refractivity contribution in [3.8, 4) is 0 Å². The molecule has 0 saturated carbocycles. The third kappa shape index (κ3) is 3.91. The Morgan fingerprint density at radius 1 is 1.04 bits per heavy atom. The van der Waals surface area contributed by atoms with Gasteiger partial charge in [-0.15, -0.1) is 0 Å². The lowest BCUT2D eigenvalue weighted by Crippen LogP contribution is -2.24. The number of pyridine rings is 1. The molecule has 2 N–H and O–H groups in total. The van der Waals surface area contributed by atoms with E-state index >= 15 is 0 Å². The van der Waals surface area contributed by atoms with Gasteiger partial charge in [0, 0.05) is 11.1 Å². The summed E-state index contributed by atoms with van der Waals surface area (Å²) >= 11 is 0. The maximum Gasteiger partial charge on any atom is 0.339 e. The van der Waals surface area contributed by atoms with Gasteiger partial charge < -0.3 is 5.32 Å². The number of para-hydroxylation sites is 1. The van der Waals surface area contributed by atoms with Crippen LogP contribution in [0, 0.1) is 6.92 Å². The second-order valence-corrected chi connectivity index (χ2v) is 5.12. The molecule has 1 heterocycles. The van der Waals surface area contributed by atoms with Crippen LogP contribution in [0.15, 0.2) is 65.8 Å². The van der Waals surface area contributed by atoms with E-state index in [0.717, 1.165) is 16.5 Å². The third-order valence-corrected chi connectivity index (χ3v) is 3.29. The first kappa shape index (κ1) is 14.7.